The molecule has 2 amide bonds. The lowest BCUT2D eigenvalue weighted by molar-refractivity contribution is -0.154. The summed E-state index contributed by atoms with van der Waals surface area (Å²) >= 11 is 0. The summed E-state index contributed by atoms with van der Waals surface area (Å²) in [5.41, 5.74) is 0.332. The molecule has 7 nitrogen and oxygen atoms in total. The summed E-state index contributed by atoms with van der Waals surface area (Å²) < 4.78 is 42.2. The normalized spacial score (nSPS) is 12.5. The van der Waals surface area contributed by atoms with Crippen LogP contribution in [0.25, 0.3) is 0 Å². The number of aromatic nitrogens is 3. The number of rotatable bonds is 6. The number of ether oxygens (including phenoxy) is 1. The van der Waals surface area contributed by atoms with E-state index >= 15 is 0 Å². The number of hydrogen-bond acceptors (Lipinski definition) is 4. The van der Waals surface area contributed by atoms with E-state index in [1.165, 1.54) is 18.3 Å². The molecule has 1 atom stereocenters. The maximum atomic E-state index is 12.0. The smallest absolute Gasteiger partial charge is 0.422 e. The topological polar surface area (TPSA) is 81.1 Å². The van der Waals surface area contributed by atoms with Crippen LogP contribution in [0.2, 0.25) is 0 Å². The number of alkyl halides is 3. The first-order valence-electron chi connectivity index (χ1n) is 7.02. The second kappa shape index (κ2) is 7.66. The molecule has 2 rings (SSSR count). The second-order valence-electron chi connectivity index (χ2n) is 5.02. The summed E-state index contributed by atoms with van der Waals surface area (Å²) in [6.45, 7) is 0.898. The quantitative estimate of drug-likeness (QED) is 0.844. The van der Waals surface area contributed by atoms with Crippen LogP contribution in [0.15, 0.2) is 36.8 Å². The number of pyridine rings is 1. The lowest BCUT2D eigenvalue weighted by Gasteiger charge is -2.14. The molecule has 0 aliphatic rings. The van der Waals surface area contributed by atoms with E-state index in [-0.39, 0.29) is 11.9 Å². The third-order valence-corrected chi connectivity index (χ3v) is 2.78. The van der Waals surface area contributed by atoms with E-state index in [0.29, 0.717) is 12.2 Å². The molecular weight excluding hydrogens is 327 g/mol. The highest BCUT2D eigenvalue weighted by molar-refractivity contribution is 5.89. The Morgan fingerprint density at radius 2 is 2.21 bits per heavy atom. The molecule has 0 spiro atoms. The van der Waals surface area contributed by atoms with Crippen molar-refractivity contribution in [1.82, 2.24) is 20.1 Å². The summed E-state index contributed by atoms with van der Waals surface area (Å²) in [5.74, 6) is -0.176. The van der Waals surface area contributed by atoms with E-state index in [9.17, 15) is 18.0 Å². The Balaban J connectivity index is 1.79. The minimum Gasteiger partial charge on any atom is -0.468 e. The lowest BCUT2D eigenvalue weighted by Crippen LogP contribution is -2.38. The third-order valence-electron chi connectivity index (χ3n) is 2.78. The number of halogens is 3. The van der Waals surface area contributed by atoms with Gasteiger partial charge in [-0.1, -0.05) is 0 Å². The van der Waals surface area contributed by atoms with E-state index in [1.54, 1.807) is 23.1 Å². The van der Waals surface area contributed by atoms with Gasteiger partial charge in [0, 0.05) is 24.5 Å². The van der Waals surface area contributed by atoms with Gasteiger partial charge in [0.25, 0.3) is 0 Å². The van der Waals surface area contributed by atoms with Crippen LogP contribution < -0.4 is 15.4 Å². The number of carbonyl (C=O) groups excluding carboxylic acids is 1. The highest BCUT2D eigenvalue weighted by Gasteiger charge is 2.28. The van der Waals surface area contributed by atoms with Gasteiger partial charge >= 0.3 is 12.2 Å². The van der Waals surface area contributed by atoms with Gasteiger partial charge in [-0.3, -0.25) is 4.68 Å². The molecule has 130 valence electrons. The number of amides is 2. The molecule has 0 aliphatic carbocycles. The van der Waals surface area contributed by atoms with Crippen molar-refractivity contribution in [2.75, 3.05) is 11.9 Å². The fraction of sp³-hybridized carbons (Fsp3) is 0.357. The lowest BCUT2D eigenvalue weighted by atomic mass is 10.3. The van der Waals surface area contributed by atoms with Crippen LogP contribution in [0.1, 0.15) is 6.92 Å². The number of carbonyl (C=O) groups is 1. The molecule has 24 heavy (non-hydrogen) atoms. The predicted octanol–water partition coefficient (Wildman–Crippen LogP) is 2.43. The highest BCUT2D eigenvalue weighted by atomic mass is 19.4. The third kappa shape index (κ3) is 6.15. The van der Waals surface area contributed by atoms with Crippen molar-refractivity contribution >= 4 is 11.7 Å². The van der Waals surface area contributed by atoms with Gasteiger partial charge in [-0.2, -0.15) is 18.3 Å². The molecule has 2 N–H and O–H groups in total. The van der Waals surface area contributed by atoms with Crippen molar-refractivity contribution in [2.45, 2.75) is 25.7 Å². The van der Waals surface area contributed by atoms with E-state index in [4.69, 9.17) is 0 Å². The SMILES string of the molecule is C[C@H](Cn1cccn1)NC(=O)Nc1ccc(OCC(F)(F)F)nc1. The van der Waals surface area contributed by atoms with Gasteiger partial charge in [-0.15, -0.1) is 0 Å². The van der Waals surface area contributed by atoms with Crippen LogP contribution in [0.4, 0.5) is 23.7 Å². The zero-order chi connectivity index (χ0) is 17.6. The monoisotopic (exact) mass is 343 g/mol. The summed E-state index contributed by atoms with van der Waals surface area (Å²) in [5, 5.41) is 9.27. The summed E-state index contributed by atoms with van der Waals surface area (Å²) in [6.07, 6.45) is 0.202. The molecule has 0 unspecified atom stereocenters. The Kier molecular flexibility index (Phi) is 5.61. The predicted molar refractivity (Wildman–Crippen MR) is 79.6 cm³/mol. The van der Waals surface area contributed by atoms with Gasteiger partial charge in [0.1, 0.15) is 0 Å². The molecule has 0 radical (unpaired) electrons. The summed E-state index contributed by atoms with van der Waals surface area (Å²) in [6, 6.07) is 3.79. The van der Waals surface area contributed by atoms with Crippen LogP contribution >= 0.6 is 0 Å². The standard InChI is InChI=1S/C14H16F3N5O2/c1-10(8-22-6-2-5-19-22)20-13(23)21-11-3-4-12(18-7-11)24-9-14(15,16)17/h2-7,10H,8-9H2,1H3,(H2,20,21,23)/t10-/m1/s1. The molecule has 0 bridgehead atoms. The van der Waals surface area contributed by atoms with Crippen LogP contribution in [0, 0.1) is 0 Å². The number of nitrogens with one attached hydrogen (secondary N) is 2. The molecule has 2 heterocycles. The summed E-state index contributed by atoms with van der Waals surface area (Å²) in [4.78, 5) is 15.5. The maximum absolute atomic E-state index is 12.0. The zero-order valence-corrected chi connectivity index (χ0v) is 12.7. The maximum Gasteiger partial charge on any atom is 0.422 e. The highest BCUT2D eigenvalue weighted by Crippen LogP contribution is 2.17. The van der Waals surface area contributed by atoms with Crippen molar-refractivity contribution < 1.29 is 22.7 Å². The fourth-order valence-corrected chi connectivity index (χ4v) is 1.82. The largest absolute Gasteiger partial charge is 0.468 e. The first-order chi connectivity index (χ1) is 11.3. The first kappa shape index (κ1) is 17.6. The van der Waals surface area contributed by atoms with Gasteiger partial charge in [0.15, 0.2) is 6.61 Å². The minimum atomic E-state index is -4.43. The van der Waals surface area contributed by atoms with Gasteiger partial charge < -0.3 is 15.4 Å². The zero-order valence-electron chi connectivity index (χ0n) is 12.7. The van der Waals surface area contributed by atoms with Crippen LogP contribution in [-0.4, -0.2) is 39.6 Å². The van der Waals surface area contributed by atoms with Crippen molar-refractivity contribution in [3.8, 4) is 5.88 Å². The molecule has 2 aromatic heterocycles. The van der Waals surface area contributed by atoms with Gasteiger partial charge in [0.05, 0.1) is 18.4 Å². The number of nitrogens with zero attached hydrogens (tertiary/aromatic N) is 3. The molecule has 10 heteroatoms. The average molecular weight is 343 g/mol. The number of hydrogen-bond donors (Lipinski definition) is 2. The Morgan fingerprint density at radius 1 is 1.42 bits per heavy atom. The van der Waals surface area contributed by atoms with Crippen LogP contribution in [0.5, 0.6) is 5.88 Å². The Hall–Kier alpha value is -2.78. The molecule has 0 fully saturated rings. The Labute approximate surface area is 135 Å². The van der Waals surface area contributed by atoms with Crippen LogP contribution in [-0.2, 0) is 6.54 Å². The van der Waals surface area contributed by atoms with Gasteiger partial charge in [0.2, 0.25) is 5.88 Å². The van der Waals surface area contributed by atoms with Crippen molar-refractivity contribution in [3.05, 3.63) is 36.8 Å². The van der Waals surface area contributed by atoms with E-state index in [0.717, 1.165) is 0 Å². The number of urea groups is 1. The molecule has 0 saturated heterocycles. The minimum absolute atomic E-state index is 0.174. The van der Waals surface area contributed by atoms with E-state index < -0.39 is 18.8 Å². The van der Waals surface area contributed by atoms with Crippen LogP contribution in [0.3, 0.4) is 0 Å². The second-order valence-corrected chi connectivity index (χ2v) is 5.02. The van der Waals surface area contributed by atoms with Crippen molar-refractivity contribution in [2.24, 2.45) is 0 Å². The Bertz CT molecular complexity index is 643. The average Bonchev–Trinajstić information content (AvgIpc) is 2.98. The van der Waals surface area contributed by atoms with Crippen molar-refractivity contribution in [1.29, 1.82) is 0 Å². The van der Waals surface area contributed by atoms with E-state index in [2.05, 4.69) is 25.5 Å². The van der Waals surface area contributed by atoms with Gasteiger partial charge in [-0.05, 0) is 19.1 Å². The van der Waals surface area contributed by atoms with Gasteiger partial charge in [-0.25, -0.2) is 9.78 Å². The first-order valence-corrected chi connectivity index (χ1v) is 7.02. The molecular formula is C14H16F3N5O2. The van der Waals surface area contributed by atoms with E-state index in [1.807, 2.05) is 6.92 Å². The molecule has 0 aromatic carbocycles. The molecule has 0 saturated carbocycles. The van der Waals surface area contributed by atoms with Crippen molar-refractivity contribution in [3.63, 3.8) is 0 Å². The molecule has 2 aromatic rings. The summed E-state index contributed by atoms with van der Waals surface area (Å²) in [7, 11) is 0. The molecule has 0 aliphatic heterocycles. The Morgan fingerprint density at radius 3 is 2.79 bits per heavy atom. The number of anilines is 1. The fourth-order valence-electron chi connectivity index (χ4n) is 1.82.